The zero-order valence-corrected chi connectivity index (χ0v) is 11.7. The van der Waals surface area contributed by atoms with Gasteiger partial charge in [0, 0.05) is 24.4 Å². The number of nitrogens with zero attached hydrogens (tertiary/aromatic N) is 1. The molecule has 1 heterocycles. The lowest BCUT2D eigenvalue weighted by atomic mass is 10.0. The molecule has 20 heavy (non-hydrogen) atoms. The first kappa shape index (κ1) is 14.3. The average molecular weight is 273 g/mol. The normalized spacial score (nSPS) is 11.9. The second-order valence-electron chi connectivity index (χ2n) is 4.39. The van der Waals surface area contributed by atoms with E-state index < -0.39 is 0 Å². The van der Waals surface area contributed by atoms with Crippen LogP contribution in [-0.2, 0) is 6.42 Å². The van der Waals surface area contributed by atoms with E-state index in [0.29, 0.717) is 6.42 Å². The van der Waals surface area contributed by atoms with Crippen LogP contribution in [0.1, 0.15) is 17.3 Å². The summed E-state index contributed by atoms with van der Waals surface area (Å²) in [6, 6.07) is 11.5. The first-order chi connectivity index (χ1) is 9.76. The van der Waals surface area contributed by atoms with E-state index in [0.717, 1.165) is 22.8 Å². The van der Waals surface area contributed by atoms with Crippen molar-refractivity contribution in [2.75, 3.05) is 14.2 Å². The van der Waals surface area contributed by atoms with E-state index in [-0.39, 0.29) is 6.04 Å². The van der Waals surface area contributed by atoms with E-state index >= 15 is 0 Å². The number of hydrogen-bond donors (Lipinski definition) is 2. The molecular formula is C15H19N3O2. The number of benzene rings is 1. The third-order valence-corrected chi connectivity index (χ3v) is 3.12. The summed E-state index contributed by atoms with van der Waals surface area (Å²) in [5.41, 5.74) is 4.78. The van der Waals surface area contributed by atoms with Crippen LogP contribution < -0.4 is 20.7 Å². The Morgan fingerprint density at radius 2 is 1.85 bits per heavy atom. The summed E-state index contributed by atoms with van der Waals surface area (Å²) >= 11 is 0. The summed E-state index contributed by atoms with van der Waals surface area (Å²) in [7, 11) is 3.25. The first-order valence-electron chi connectivity index (χ1n) is 6.36. The highest BCUT2D eigenvalue weighted by molar-refractivity contribution is 5.40. The monoisotopic (exact) mass is 273 g/mol. The van der Waals surface area contributed by atoms with Gasteiger partial charge in [-0.15, -0.1) is 0 Å². The maximum Gasteiger partial charge on any atom is 0.122 e. The van der Waals surface area contributed by atoms with Gasteiger partial charge in [0.15, 0.2) is 0 Å². The highest BCUT2D eigenvalue weighted by Gasteiger charge is 2.14. The van der Waals surface area contributed by atoms with Crippen LogP contribution >= 0.6 is 0 Å². The Morgan fingerprint density at radius 1 is 1.15 bits per heavy atom. The molecule has 0 bridgehead atoms. The molecule has 1 aromatic heterocycles. The van der Waals surface area contributed by atoms with Crippen molar-refractivity contribution in [2.45, 2.75) is 12.5 Å². The molecule has 1 unspecified atom stereocenters. The second-order valence-corrected chi connectivity index (χ2v) is 4.39. The lowest BCUT2D eigenvalue weighted by Crippen LogP contribution is -2.29. The topological polar surface area (TPSA) is 69.4 Å². The van der Waals surface area contributed by atoms with Crippen molar-refractivity contribution in [1.29, 1.82) is 0 Å². The van der Waals surface area contributed by atoms with Crippen LogP contribution in [0.2, 0.25) is 0 Å². The van der Waals surface area contributed by atoms with Gasteiger partial charge in [0.25, 0.3) is 0 Å². The van der Waals surface area contributed by atoms with Gasteiger partial charge in [-0.1, -0.05) is 6.07 Å². The van der Waals surface area contributed by atoms with Gasteiger partial charge in [-0.3, -0.25) is 16.3 Å². The summed E-state index contributed by atoms with van der Waals surface area (Å²) in [4.78, 5) is 4.32. The lowest BCUT2D eigenvalue weighted by Gasteiger charge is -2.18. The summed E-state index contributed by atoms with van der Waals surface area (Å²) < 4.78 is 10.6. The third kappa shape index (κ3) is 3.46. The Labute approximate surface area is 118 Å². The molecule has 1 atom stereocenters. The number of ether oxygens (including phenoxy) is 2. The molecule has 5 nitrogen and oxygen atoms in total. The van der Waals surface area contributed by atoms with Crippen molar-refractivity contribution in [3.8, 4) is 11.5 Å². The molecule has 0 aliphatic rings. The van der Waals surface area contributed by atoms with Gasteiger partial charge in [-0.05, 0) is 29.8 Å². The number of hydrogen-bond acceptors (Lipinski definition) is 5. The second kappa shape index (κ2) is 6.88. The Balaban J connectivity index is 2.26. The molecule has 2 rings (SSSR count). The fourth-order valence-corrected chi connectivity index (χ4v) is 2.03. The number of nitrogens with two attached hydrogens (primary N) is 1. The lowest BCUT2D eigenvalue weighted by molar-refractivity contribution is 0.391. The number of methoxy groups -OCH3 is 2. The van der Waals surface area contributed by atoms with Gasteiger partial charge >= 0.3 is 0 Å². The Kier molecular flexibility index (Phi) is 4.92. The number of nitrogens with one attached hydrogen (secondary N) is 1. The summed E-state index contributed by atoms with van der Waals surface area (Å²) in [5.74, 6) is 7.15. The van der Waals surface area contributed by atoms with Crippen LogP contribution in [0.3, 0.4) is 0 Å². The van der Waals surface area contributed by atoms with Crippen molar-refractivity contribution < 1.29 is 9.47 Å². The fourth-order valence-electron chi connectivity index (χ4n) is 2.03. The van der Waals surface area contributed by atoms with E-state index in [1.165, 1.54) is 0 Å². The molecule has 0 saturated carbocycles. The molecule has 5 heteroatoms. The zero-order chi connectivity index (χ0) is 14.4. The van der Waals surface area contributed by atoms with Crippen molar-refractivity contribution in [2.24, 2.45) is 5.84 Å². The quantitative estimate of drug-likeness (QED) is 0.621. The van der Waals surface area contributed by atoms with Crippen LogP contribution in [-0.4, -0.2) is 19.2 Å². The molecule has 0 spiro atoms. The smallest absolute Gasteiger partial charge is 0.122 e. The standard InChI is InChI=1S/C15H19N3O2/c1-19-13-7-11(8-14(10-13)20-2)15(18-16)9-12-5-3-4-6-17-12/h3-8,10,15,18H,9,16H2,1-2H3. The van der Waals surface area contributed by atoms with E-state index in [1.54, 1.807) is 20.4 Å². The number of rotatable bonds is 6. The number of pyridine rings is 1. The van der Waals surface area contributed by atoms with Gasteiger partial charge in [0.05, 0.1) is 20.3 Å². The molecule has 0 aliphatic carbocycles. The van der Waals surface area contributed by atoms with E-state index in [2.05, 4.69) is 10.4 Å². The molecule has 2 aromatic rings. The minimum absolute atomic E-state index is 0.0612. The minimum atomic E-state index is -0.0612. The van der Waals surface area contributed by atoms with Crippen LogP contribution in [0.25, 0.3) is 0 Å². The van der Waals surface area contributed by atoms with Crippen LogP contribution in [0.5, 0.6) is 11.5 Å². The summed E-state index contributed by atoms with van der Waals surface area (Å²) in [5, 5.41) is 0. The SMILES string of the molecule is COc1cc(OC)cc(C(Cc2ccccn2)NN)c1. The molecule has 106 valence electrons. The zero-order valence-electron chi connectivity index (χ0n) is 11.7. The van der Waals surface area contributed by atoms with Crippen LogP contribution in [0.15, 0.2) is 42.6 Å². The molecule has 1 aromatic carbocycles. The summed E-state index contributed by atoms with van der Waals surface area (Å²) in [6.07, 6.45) is 2.46. The Morgan fingerprint density at radius 3 is 2.35 bits per heavy atom. The Bertz CT molecular complexity index is 524. The largest absolute Gasteiger partial charge is 0.497 e. The van der Waals surface area contributed by atoms with Crippen LogP contribution in [0.4, 0.5) is 0 Å². The first-order valence-corrected chi connectivity index (χ1v) is 6.36. The van der Waals surface area contributed by atoms with E-state index in [4.69, 9.17) is 15.3 Å². The molecule has 0 saturated heterocycles. The molecule has 0 amide bonds. The summed E-state index contributed by atoms with van der Waals surface area (Å²) in [6.45, 7) is 0. The molecule has 0 fully saturated rings. The maximum atomic E-state index is 5.68. The third-order valence-electron chi connectivity index (χ3n) is 3.12. The molecular weight excluding hydrogens is 254 g/mol. The highest BCUT2D eigenvalue weighted by Crippen LogP contribution is 2.27. The number of aromatic nitrogens is 1. The molecule has 3 N–H and O–H groups in total. The van der Waals surface area contributed by atoms with Gasteiger partial charge in [-0.2, -0.15) is 0 Å². The van der Waals surface area contributed by atoms with Gasteiger partial charge in [-0.25, -0.2) is 0 Å². The van der Waals surface area contributed by atoms with Crippen LogP contribution in [0, 0.1) is 0 Å². The van der Waals surface area contributed by atoms with Gasteiger partial charge in [0.1, 0.15) is 11.5 Å². The van der Waals surface area contributed by atoms with Crippen molar-refractivity contribution in [3.05, 3.63) is 53.9 Å². The number of hydrazine groups is 1. The minimum Gasteiger partial charge on any atom is -0.497 e. The predicted molar refractivity (Wildman–Crippen MR) is 77.6 cm³/mol. The van der Waals surface area contributed by atoms with E-state index in [1.807, 2.05) is 36.4 Å². The average Bonchev–Trinajstić information content (AvgIpc) is 2.53. The highest BCUT2D eigenvalue weighted by atomic mass is 16.5. The van der Waals surface area contributed by atoms with Gasteiger partial charge < -0.3 is 9.47 Å². The van der Waals surface area contributed by atoms with Crippen molar-refractivity contribution in [3.63, 3.8) is 0 Å². The van der Waals surface area contributed by atoms with Crippen molar-refractivity contribution >= 4 is 0 Å². The van der Waals surface area contributed by atoms with E-state index in [9.17, 15) is 0 Å². The maximum absolute atomic E-state index is 5.68. The molecule has 0 aliphatic heterocycles. The Hall–Kier alpha value is -2.11. The van der Waals surface area contributed by atoms with Gasteiger partial charge in [0.2, 0.25) is 0 Å². The molecule has 0 radical (unpaired) electrons. The van der Waals surface area contributed by atoms with Crippen molar-refractivity contribution in [1.82, 2.24) is 10.4 Å². The predicted octanol–water partition coefficient (Wildman–Crippen LogP) is 1.85. The fraction of sp³-hybridized carbons (Fsp3) is 0.267.